The largest absolute Gasteiger partial charge is 0.497 e. The third-order valence-corrected chi connectivity index (χ3v) is 6.23. The molecular weight excluding hydrogens is 510 g/mol. The van der Waals surface area contributed by atoms with E-state index in [1.54, 1.807) is 48.5 Å². The molecule has 2 aromatic carbocycles. The van der Waals surface area contributed by atoms with E-state index in [1.807, 2.05) is 0 Å². The van der Waals surface area contributed by atoms with E-state index in [0.717, 1.165) is 12.0 Å². The molecule has 1 fully saturated rings. The fraction of sp³-hybridized carbons (Fsp3) is 0.370. The summed E-state index contributed by atoms with van der Waals surface area (Å²) in [5.41, 5.74) is 6.90. The number of likely N-dealkylation sites (tertiary alicyclic amines) is 1. The van der Waals surface area contributed by atoms with Crippen molar-refractivity contribution in [3.8, 4) is 11.5 Å². The van der Waals surface area contributed by atoms with E-state index < -0.39 is 54.2 Å². The van der Waals surface area contributed by atoms with E-state index in [-0.39, 0.29) is 13.2 Å². The number of nitrogens with two attached hydrogens (primary N) is 1. The number of rotatable bonds is 10. The van der Waals surface area contributed by atoms with Crippen LogP contribution in [-0.4, -0.2) is 73.0 Å². The number of benzene rings is 2. The lowest BCUT2D eigenvalue weighted by molar-refractivity contribution is -0.156. The third-order valence-electron chi connectivity index (χ3n) is 6.23. The quantitative estimate of drug-likeness (QED) is 0.347. The normalized spacial score (nSPS) is 16.3. The molecule has 1 saturated heterocycles. The average Bonchev–Trinajstić information content (AvgIpc) is 3.22. The molecule has 3 atom stereocenters. The molecule has 0 saturated carbocycles. The van der Waals surface area contributed by atoms with Crippen LogP contribution in [0.2, 0.25) is 0 Å². The van der Waals surface area contributed by atoms with Crippen LogP contribution in [-0.2, 0) is 41.8 Å². The third kappa shape index (κ3) is 6.52. The Labute approximate surface area is 225 Å². The summed E-state index contributed by atoms with van der Waals surface area (Å²) in [4.78, 5) is 67.1. The van der Waals surface area contributed by atoms with Crippen molar-refractivity contribution >= 4 is 29.8 Å². The van der Waals surface area contributed by atoms with Crippen LogP contribution < -0.4 is 15.2 Å². The van der Waals surface area contributed by atoms with Crippen LogP contribution in [0, 0.1) is 5.92 Å². The van der Waals surface area contributed by atoms with Gasteiger partial charge in [0.25, 0.3) is 0 Å². The molecule has 0 radical (unpaired) electrons. The highest BCUT2D eigenvalue weighted by atomic mass is 16.6. The van der Waals surface area contributed by atoms with Crippen LogP contribution in [0.1, 0.15) is 24.5 Å². The molecule has 0 aliphatic carbocycles. The Morgan fingerprint density at radius 2 is 1.74 bits per heavy atom. The van der Waals surface area contributed by atoms with Crippen LogP contribution >= 0.6 is 0 Å². The van der Waals surface area contributed by atoms with E-state index >= 15 is 0 Å². The molecule has 1 heterocycles. The topological polar surface area (TPSA) is 155 Å². The zero-order chi connectivity index (χ0) is 28.7. The predicted octanol–water partition coefficient (Wildman–Crippen LogP) is 1.63. The summed E-state index contributed by atoms with van der Waals surface area (Å²) in [5, 5.41) is 0. The van der Waals surface area contributed by atoms with Gasteiger partial charge in [0.1, 0.15) is 18.1 Å². The highest BCUT2D eigenvalue weighted by Crippen LogP contribution is 2.32. The predicted molar refractivity (Wildman–Crippen MR) is 136 cm³/mol. The van der Waals surface area contributed by atoms with Crippen molar-refractivity contribution in [1.82, 2.24) is 9.80 Å². The number of amides is 4. The van der Waals surface area contributed by atoms with Crippen LogP contribution in [0.3, 0.4) is 0 Å². The highest BCUT2D eigenvalue weighted by Gasteiger charge is 2.52. The van der Waals surface area contributed by atoms with E-state index in [2.05, 4.69) is 0 Å². The summed E-state index contributed by atoms with van der Waals surface area (Å²) in [6.07, 6.45) is -1.65. The van der Waals surface area contributed by atoms with Gasteiger partial charge in [0.15, 0.2) is 6.04 Å². The van der Waals surface area contributed by atoms with Crippen molar-refractivity contribution < 1.29 is 42.9 Å². The minimum Gasteiger partial charge on any atom is -0.497 e. The first kappa shape index (κ1) is 29.1. The maximum absolute atomic E-state index is 13.5. The van der Waals surface area contributed by atoms with Gasteiger partial charge in [-0.05, 0) is 24.6 Å². The summed E-state index contributed by atoms with van der Waals surface area (Å²) < 4.78 is 20.7. The summed E-state index contributed by atoms with van der Waals surface area (Å²) >= 11 is 0. The first-order valence-electron chi connectivity index (χ1n) is 12.0. The maximum atomic E-state index is 13.5. The highest BCUT2D eigenvalue weighted by molar-refractivity contribution is 6.08. The van der Waals surface area contributed by atoms with Crippen molar-refractivity contribution in [2.24, 2.45) is 11.7 Å². The zero-order valence-electron chi connectivity index (χ0n) is 22.1. The Bertz CT molecular complexity index is 1230. The van der Waals surface area contributed by atoms with Crippen molar-refractivity contribution in [3.05, 3.63) is 59.7 Å². The van der Waals surface area contributed by atoms with Crippen molar-refractivity contribution in [2.45, 2.75) is 38.6 Å². The number of esters is 1. The lowest BCUT2D eigenvalue weighted by atomic mass is 9.96. The molecule has 0 spiro atoms. The van der Waals surface area contributed by atoms with Gasteiger partial charge >= 0.3 is 12.1 Å². The van der Waals surface area contributed by atoms with Gasteiger partial charge in [-0.25, -0.2) is 14.5 Å². The van der Waals surface area contributed by atoms with Crippen LogP contribution in [0.5, 0.6) is 11.5 Å². The van der Waals surface area contributed by atoms with Gasteiger partial charge in [-0.2, -0.15) is 0 Å². The molecule has 12 heteroatoms. The van der Waals surface area contributed by atoms with E-state index in [4.69, 9.17) is 24.7 Å². The molecule has 208 valence electrons. The molecule has 2 aromatic rings. The number of imide groups is 2. The second-order valence-corrected chi connectivity index (χ2v) is 8.81. The van der Waals surface area contributed by atoms with E-state index in [0.29, 0.717) is 27.5 Å². The molecular formula is C27H31N3O9. The van der Waals surface area contributed by atoms with Crippen LogP contribution in [0.25, 0.3) is 0 Å². The molecule has 3 rings (SSSR count). The summed E-state index contributed by atoms with van der Waals surface area (Å²) in [5.74, 6) is -3.95. The second-order valence-electron chi connectivity index (χ2n) is 8.81. The van der Waals surface area contributed by atoms with Crippen molar-refractivity contribution in [2.75, 3.05) is 21.3 Å². The number of hydrogen-bond donors (Lipinski definition) is 1. The van der Waals surface area contributed by atoms with Crippen molar-refractivity contribution in [1.29, 1.82) is 0 Å². The Balaban J connectivity index is 1.92. The minimum atomic E-state index is -1.78. The summed E-state index contributed by atoms with van der Waals surface area (Å²) in [7, 11) is 3.96. The van der Waals surface area contributed by atoms with E-state index in [1.165, 1.54) is 21.1 Å². The first-order valence-corrected chi connectivity index (χ1v) is 12.0. The standard InChI is InChI=1S/C27H31N3O9/c1-16(28)24(32)30(27(35)39-15-17-8-6-5-7-9-17)23(26(34)38-4)20-13-22(31)29(25(20)33)14-18-10-11-19(36-2)12-21(18)37-3/h5-12,16,20,23H,13-15,28H2,1-4H3/t16-,20?,23?/m0/s1. The molecule has 4 amide bonds. The molecule has 12 nitrogen and oxygen atoms in total. The number of nitrogens with zero attached hydrogens (tertiary/aromatic N) is 2. The number of methoxy groups -OCH3 is 3. The lowest BCUT2D eigenvalue weighted by Gasteiger charge is -2.31. The summed E-state index contributed by atoms with van der Waals surface area (Å²) in [6, 6.07) is 10.5. The van der Waals surface area contributed by atoms with Gasteiger partial charge in [0.2, 0.25) is 17.7 Å². The molecule has 39 heavy (non-hydrogen) atoms. The number of carbonyl (C=O) groups excluding carboxylic acids is 5. The molecule has 1 aliphatic rings. The Hall–Kier alpha value is -4.45. The van der Waals surface area contributed by atoms with Gasteiger partial charge in [0, 0.05) is 18.1 Å². The number of carbonyl (C=O) groups is 5. The molecule has 1 aliphatic heterocycles. The van der Waals surface area contributed by atoms with Gasteiger partial charge in [-0.15, -0.1) is 0 Å². The number of ether oxygens (including phenoxy) is 4. The van der Waals surface area contributed by atoms with E-state index in [9.17, 15) is 24.0 Å². The smallest absolute Gasteiger partial charge is 0.417 e. The van der Waals surface area contributed by atoms with Gasteiger partial charge in [-0.3, -0.25) is 19.3 Å². The summed E-state index contributed by atoms with van der Waals surface area (Å²) in [6.45, 7) is 0.935. The van der Waals surface area contributed by atoms with Crippen molar-refractivity contribution in [3.63, 3.8) is 0 Å². The Morgan fingerprint density at radius 3 is 2.33 bits per heavy atom. The molecule has 0 aromatic heterocycles. The minimum absolute atomic E-state index is 0.172. The monoisotopic (exact) mass is 541 g/mol. The lowest BCUT2D eigenvalue weighted by Crippen LogP contribution is -2.57. The van der Waals surface area contributed by atoms with Gasteiger partial charge in [-0.1, -0.05) is 30.3 Å². The molecule has 2 unspecified atom stereocenters. The van der Waals surface area contributed by atoms with Gasteiger partial charge in [0.05, 0.1) is 39.8 Å². The SMILES string of the molecule is COC(=O)C(C1CC(=O)N(Cc2ccc(OC)cc2OC)C1=O)N(C(=O)OCc1ccccc1)C(=O)[C@H](C)N. The fourth-order valence-corrected chi connectivity index (χ4v) is 4.19. The number of hydrogen-bond acceptors (Lipinski definition) is 10. The average molecular weight is 542 g/mol. The maximum Gasteiger partial charge on any atom is 0.417 e. The fourth-order valence-electron chi connectivity index (χ4n) is 4.19. The Kier molecular flexibility index (Phi) is 9.61. The molecule has 2 N–H and O–H groups in total. The second kappa shape index (κ2) is 12.9. The van der Waals surface area contributed by atoms with Crippen LogP contribution in [0.15, 0.2) is 48.5 Å². The van der Waals surface area contributed by atoms with Gasteiger partial charge < -0.3 is 24.7 Å². The molecule has 0 bridgehead atoms. The zero-order valence-corrected chi connectivity index (χ0v) is 22.1. The van der Waals surface area contributed by atoms with Crippen LogP contribution in [0.4, 0.5) is 4.79 Å². The first-order chi connectivity index (χ1) is 18.6. The Morgan fingerprint density at radius 1 is 1.05 bits per heavy atom.